The van der Waals surface area contributed by atoms with Crippen LogP contribution in [0.4, 0.5) is 5.00 Å². The molecule has 0 spiro atoms. The number of esters is 1. The summed E-state index contributed by atoms with van der Waals surface area (Å²) in [4.78, 5) is 12.5. The molecule has 1 heterocycles. The topological polar surface area (TPSA) is 98.5 Å². The van der Waals surface area contributed by atoms with Crippen molar-refractivity contribution in [3.63, 3.8) is 0 Å². The Balaban J connectivity index is 3.22. The van der Waals surface area contributed by atoms with Crippen molar-refractivity contribution in [3.8, 4) is 0 Å². The molecule has 1 aromatic heterocycles. The highest BCUT2D eigenvalue weighted by molar-refractivity contribution is 7.90. The summed E-state index contributed by atoms with van der Waals surface area (Å²) >= 11 is 1.15. The third kappa shape index (κ3) is 3.42. The third-order valence-electron chi connectivity index (χ3n) is 2.10. The van der Waals surface area contributed by atoms with E-state index < -0.39 is 16.2 Å². The molecule has 6 nitrogen and oxygen atoms in total. The van der Waals surface area contributed by atoms with Crippen LogP contribution in [-0.2, 0) is 14.9 Å². The minimum absolute atomic E-state index is 0.195. The summed E-state index contributed by atoms with van der Waals surface area (Å²) in [6, 6.07) is 0. The molecule has 96 valence electrons. The standard InChI is InChI=1S/C9H14N2O4S2/c1-4-15-9(12)7-5(2)6(3)16-8(7)11-17(10,13)14/h11H,4H2,1-3H3,(H2,10,13,14). The molecule has 17 heavy (non-hydrogen) atoms. The van der Waals surface area contributed by atoms with Crippen molar-refractivity contribution in [2.24, 2.45) is 5.14 Å². The Morgan fingerprint density at radius 1 is 1.47 bits per heavy atom. The van der Waals surface area contributed by atoms with Gasteiger partial charge in [0.1, 0.15) is 5.00 Å². The number of aryl methyl sites for hydroxylation is 1. The van der Waals surface area contributed by atoms with Gasteiger partial charge >= 0.3 is 5.97 Å². The normalized spacial score (nSPS) is 11.3. The van der Waals surface area contributed by atoms with Gasteiger partial charge in [0.15, 0.2) is 0 Å². The van der Waals surface area contributed by atoms with Crippen LogP contribution in [0.5, 0.6) is 0 Å². The van der Waals surface area contributed by atoms with E-state index in [2.05, 4.69) is 4.72 Å². The Hall–Kier alpha value is -1.12. The fourth-order valence-corrected chi connectivity index (χ4v) is 3.05. The molecule has 0 saturated carbocycles. The molecule has 8 heteroatoms. The minimum Gasteiger partial charge on any atom is -0.462 e. The van der Waals surface area contributed by atoms with Gasteiger partial charge in [-0.25, -0.2) is 9.93 Å². The molecule has 0 aliphatic heterocycles. The Morgan fingerprint density at radius 3 is 2.53 bits per heavy atom. The third-order valence-corrected chi connectivity index (χ3v) is 3.84. The molecular formula is C9H14N2O4S2. The summed E-state index contributed by atoms with van der Waals surface area (Å²) in [5.41, 5.74) is 0.919. The number of thiophene rings is 1. The van der Waals surface area contributed by atoms with Gasteiger partial charge in [0, 0.05) is 4.88 Å². The fourth-order valence-electron chi connectivity index (χ4n) is 1.28. The monoisotopic (exact) mass is 278 g/mol. The van der Waals surface area contributed by atoms with E-state index in [1.807, 2.05) is 0 Å². The molecule has 0 saturated heterocycles. The maximum absolute atomic E-state index is 11.7. The van der Waals surface area contributed by atoms with Crippen molar-refractivity contribution in [2.75, 3.05) is 11.3 Å². The number of hydrogen-bond acceptors (Lipinski definition) is 5. The molecule has 0 fully saturated rings. The van der Waals surface area contributed by atoms with E-state index in [9.17, 15) is 13.2 Å². The van der Waals surface area contributed by atoms with Crippen LogP contribution in [-0.4, -0.2) is 21.0 Å². The highest BCUT2D eigenvalue weighted by Crippen LogP contribution is 2.33. The predicted molar refractivity (Wildman–Crippen MR) is 66.5 cm³/mol. The zero-order valence-corrected chi connectivity index (χ0v) is 11.4. The predicted octanol–water partition coefficient (Wildman–Crippen LogP) is 1.16. The Morgan fingerprint density at radius 2 is 2.06 bits per heavy atom. The van der Waals surface area contributed by atoms with Crippen molar-refractivity contribution in [1.82, 2.24) is 0 Å². The molecule has 0 unspecified atom stereocenters. The van der Waals surface area contributed by atoms with E-state index in [0.717, 1.165) is 16.2 Å². The minimum atomic E-state index is -3.90. The van der Waals surface area contributed by atoms with Crippen LogP contribution in [0.1, 0.15) is 27.7 Å². The molecule has 0 radical (unpaired) electrons. The number of carbonyl (C=O) groups excluding carboxylic acids is 1. The van der Waals surface area contributed by atoms with Crippen LogP contribution in [0.25, 0.3) is 0 Å². The van der Waals surface area contributed by atoms with Crippen molar-refractivity contribution in [3.05, 3.63) is 16.0 Å². The zero-order valence-electron chi connectivity index (χ0n) is 9.73. The van der Waals surface area contributed by atoms with Gasteiger partial charge in [0.2, 0.25) is 0 Å². The number of hydrogen-bond donors (Lipinski definition) is 2. The van der Waals surface area contributed by atoms with E-state index in [1.54, 1.807) is 20.8 Å². The highest BCUT2D eigenvalue weighted by Gasteiger charge is 2.22. The maximum atomic E-state index is 11.7. The number of anilines is 1. The smallest absolute Gasteiger partial charge is 0.341 e. The molecular weight excluding hydrogens is 264 g/mol. The van der Waals surface area contributed by atoms with E-state index in [0.29, 0.717) is 5.56 Å². The van der Waals surface area contributed by atoms with E-state index in [1.165, 1.54) is 0 Å². The first-order valence-electron chi connectivity index (χ1n) is 4.84. The average Bonchev–Trinajstić information content (AvgIpc) is 2.39. The lowest BCUT2D eigenvalue weighted by Crippen LogP contribution is -2.22. The summed E-state index contributed by atoms with van der Waals surface area (Å²) in [7, 11) is -3.90. The molecule has 0 amide bonds. The second-order valence-corrected chi connectivity index (χ2v) is 5.87. The summed E-state index contributed by atoms with van der Waals surface area (Å²) in [5.74, 6) is -0.555. The average molecular weight is 278 g/mol. The lowest BCUT2D eigenvalue weighted by atomic mass is 10.2. The Labute approximate surface area is 104 Å². The van der Waals surface area contributed by atoms with E-state index in [-0.39, 0.29) is 17.2 Å². The summed E-state index contributed by atoms with van der Waals surface area (Å²) in [6.45, 7) is 5.42. The molecule has 0 atom stereocenters. The maximum Gasteiger partial charge on any atom is 0.341 e. The summed E-state index contributed by atoms with van der Waals surface area (Å²) in [5, 5.41) is 5.08. The van der Waals surface area contributed by atoms with Crippen LogP contribution >= 0.6 is 11.3 Å². The SMILES string of the molecule is CCOC(=O)c1c(NS(N)(=O)=O)sc(C)c1C. The lowest BCUT2D eigenvalue weighted by Gasteiger charge is -2.05. The first-order valence-corrected chi connectivity index (χ1v) is 7.20. The Bertz CT molecular complexity index is 533. The van der Waals surface area contributed by atoms with Gasteiger partial charge in [-0.3, -0.25) is 4.72 Å². The van der Waals surface area contributed by atoms with Gasteiger partial charge in [-0.05, 0) is 26.3 Å². The quantitative estimate of drug-likeness (QED) is 0.807. The largest absolute Gasteiger partial charge is 0.462 e. The van der Waals surface area contributed by atoms with E-state index >= 15 is 0 Å². The Kier molecular flexibility index (Phi) is 4.12. The second kappa shape index (κ2) is 5.03. The summed E-state index contributed by atoms with van der Waals surface area (Å²) in [6.07, 6.45) is 0. The number of nitrogens with two attached hydrogens (primary N) is 1. The van der Waals surface area contributed by atoms with Gasteiger partial charge in [-0.1, -0.05) is 0 Å². The number of ether oxygens (including phenoxy) is 1. The summed E-state index contributed by atoms with van der Waals surface area (Å²) < 4.78 is 28.9. The fraction of sp³-hybridized carbons (Fsp3) is 0.444. The molecule has 1 rings (SSSR count). The number of nitrogens with one attached hydrogen (secondary N) is 1. The van der Waals surface area contributed by atoms with Crippen LogP contribution < -0.4 is 9.86 Å². The molecule has 0 aromatic carbocycles. The van der Waals surface area contributed by atoms with Gasteiger partial charge in [0.25, 0.3) is 10.2 Å². The molecule has 3 N–H and O–H groups in total. The van der Waals surface area contributed by atoms with Crippen LogP contribution in [0.15, 0.2) is 0 Å². The first-order chi connectivity index (χ1) is 7.76. The van der Waals surface area contributed by atoms with Crippen LogP contribution in [0.3, 0.4) is 0 Å². The van der Waals surface area contributed by atoms with Gasteiger partial charge in [-0.2, -0.15) is 8.42 Å². The first kappa shape index (κ1) is 13.9. The van der Waals surface area contributed by atoms with E-state index in [4.69, 9.17) is 9.88 Å². The number of rotatable bonds is 4. The number of carbonyl (C=O) groups is 1. The molecule has 0 aliphatic carbocycles. The van der Waals surface area contributed by atoms with Gasteiger partial charge in [0.05, 0.1) is 12.2 Å². The highest BCUT2D eigenvalue weighted by atomic mass is 32.2. The van der Waals surface area contributed by atoms with Gasteiger partial charge < -0.3 is 4.74 Å². The van der Waals surface area contributed by atoms with Crippen LogP contribution in [0, 0.1) is 13.8 Å². The van der Waals surface area contributed by atoms with Gasteiger partial charge in [-0.15, -0.1) is 11.3 Å². The molecule has 0 bridgehead atoms. The zero-order chi connectivity index (χ0) is 13.2. The van der Waals surface area contributed by atoms with Crippen molar-refractivity contribution in [1.29, 1.82) is 0 Å². The van der Waals surface area contributed by atoms with Crippen LogP contribution in [0.2, 0.25) is 0 Å². The second-order valence-electron chi connectivity index (χ2n) is 3.35. The molecule has 0 aliphatic rings. The molecule has 1 aromatic rings. The van der Waals surface area contributed by atoms with Crippen molar-refractivity contribution in [2.45, 2.75) is 20.8 Å². The van der Waals surface area contributed by atoms with Crippen molar-refractivity contribution >= 4 is 32.5 Å². The van der Waals surface area contributed by atoms with Crippen molar-refractivity contribution < 1.29 is 17.9 Å². The lowest BCUT2D eigenvalue weighted by molar-refractivity contribution is 0.0527.